The molecule has 0 aromatic carbocycles. The van der Waals surface area contributed by atoms with Crippen LogP contribution in [-0.2, 0) is 4.79 Å². The molecule has 4 atom stereocenters. The van der Waals surface area contributed by atoms with Crippen LogP contribution < -0.4 is 10.6 Å². The van der Waals surface area contributed by atoms with Crippen LogP contribution in [0.2, 0.25) is 0 Å². The lowest BCUT2D eigenvalue weighted by atomic mass is 9.86. The molecule has 1 amide bonds. The van der Waals surface area contributed by atoms with Crippen molar-refractivity contribution in [1.82, 2.24) is 10.6 Å². The molecule has 2 fully saturated rings. The van der Waals surface area contributed by atoms with Crippen molar-refractivity contribution < 1.29 is 9.90 Å². The molecule has 2 saturated carbocycles. The number of rotatable bonds is 7. The average molecular weight is 254 g/mol. The first-order valence-electron chi connectivity index (χ1n) is 7.30. The van der Waals surface area contributed by atoms with Gasteiger partial charge in [0.25, 0.3) is 0 Å². The maximum Gasteiger partial charge on any atom is 0.220 e. The number of hydrogen-bond donors (Lipinski definition) is 3. The third-order valence-corrected chi connectivity index (χ3v) is 4.40. The summed E-state index contributed by atoms with van der Waals surface area (Å²) in [6.07, 6.45) is 5.78. The SMILES string of the molecule is CC(O)CNCCNC(=O)CC1CC2CCC1C2. The second-order valence-electron chi connectivity index (χ2n) is 6.04. The fraction of sp³-hybridized carbons (Fsp3) is 0.929. The zero-order chi connectivity index (χ0) is 13.0. The van der Waals surface area contributed by atoms with E-state index >= 15 is 0 Å². The first-order valence-corrected chi connectivity index (χ1v) is 7.30. The predicted molar refractivity (Wildman–Crippen MR) is 71.1 cm³/mol. The third-order valence-electron chi connectivity index (χ3n) is 4.40. The molecule has 2 aliphatic rings. The Bertz CT molecular complexity index is 281. The number of carbonyl (C=O) groups is 1. The summed E-state index contributed by atoms with van der Waals surface area (Å²) < 4.78 is 0. The zero-order valence-corrected chi connectivity index (χ0v) is 11.3. The van der Waals surface area contributed by atoms with E-state index in [1.807, 2.05) is 0 Å². The fourth-order valence-electron chi connectivity index (χ4n) is 3.54. The van der Waals surface area contributed by atoms with Crippen LogP contribution in [0.4, 0.5) is 0 Å². The topological polar surface area (TPSA) is 61.4 Å². The maximum absolute atomic E-state index is 11.8. The fourth-order valence-corrected chi connectivity index (χ4v) is 3.54. The Balaban J connectivity index is 1.53. The Morgan fingerprint density at radius 3 is 2.78 bits per heavy atom. The van der Waals surface area contributed by atoms with Gasteiger partial charge in [0.2, 0.25) is 5.91 Å². The van der Waals surface area contributed by atoms with Crippen molar-refractivity contribution in [3.63, 3.8) is 0 Å². The highest BCUT2D eigenvalue weighted by atomic mass is 16.3. The number of hydrogen-bond acceptors (Lipinski definition) is 3. The standard InChI is InChI=1S/C14H26N2O2/c1-10(17)9-15-4-5-16-14(18)8-13-7-11-2-3-12(13)6-11/h10-13,15,17H,2-9H2,1H3,(H,16,18). The monoisotopic (exact) mass is 254 g/mol. The molecule has 18 heavy (non-hydrogen) atoms. The Morgan fingerprint density at radius 1 is 1.33 bits per heavy atom. The van der Waals surface area contributed by atoms with Crippen molar-refractivity contribution in [2.75, 3.05) is 19.6 Å². The molecule has 3 N–H and O–H groups in total. The molecule has 4 heteroatoms. The maximum atomic E-state index is 11.8. The van der Waals surface area contributed by atoms with Crippen LogP contribution in [-0.4, -0.2) is 36.8 Å². The number of amides is 1. The molecule has 0 aromatic heterocycles. The molecule has 0 aliphatic heterocycles. The van der Waals surface area contributed by atoms with E-state index in [0.717, 1.165) is 24.8 Å². The molecule has 0 spiro atoms. The first-order chi connectivity index (χ1) is 8.65. The molecule has 4 nitrogen and oxygen atoms in total. The number of aliphatic hydroxyl groups excluding tert-OH is 1. The van der Waals surface area contributed by atoms with E-state index in [0.29, 0.717) is 19.0 Å². The summed E-state index contributed by atoms with van der Waals surface area (Å²) in [4.78, 5) is 11.8. The average Bonchev–Trinajstić information content (AvgIpc) is 2.90. The quantitative estimate of drug-likeness (QED) is 0.592. The molecule has 2 rings (SSSR count). The van der Waals surface area contributed by atoms with Crippen molar-refractivity contribution >= 4 is 5.91 Å². The van der Waals surface area contributed by atoms with Gasteiger partial charge in [-0.3, -0.25) is 4.79 Å². The molecular formula is C14H26N2O2. The van der Waals surface area contributed by atoms with E-state index in [4.69, 9.17) is 5.11 Å². The van der Waals surface area contributed by atoms with Crippen molar-refractivity contribution in [3.05, 3.63) is 0 Å². The largest absolute Gasteiger partial charge is 0.392 e. The van der Waals surface area contributed by atoms with E-state index in [-0.39, 0.29) is 12.0 Å². The van der Waals surface area contributed by atoms with Crippen molar-refractivity contribution in [2.24, 2.45) is 17.8 Å². The Kier molecular flexibility index (Phi) is 5.01. The van der Waals surface area contributed by atoms with E-state index in [9.17, 15) is 4.79 Å². The van der Waals surface area contributed by atoms with E-state index in [1.165, 1.54) is 25.7 Å². The first kappa shape index (κ1) is 13.8. The summed E-state index contributed by atoms with van der Waals surface area (Å²) in [5.41, 5.74) is 0. The lowest BCUT2D eigenvalue weighted by Gasteiger charge is -2.20. The Labute approximate surface area is 110 Å². The minimum Gasteiger partial charge on any atom is -0.392 e. The highest BCUT2D eigenvalue weighted by molar-refractivity contribution is 5.76. The van der Waals surface area contributed by atoms with Crippen LogP contribution in [0.5, 0.6) is 0 Å². The van der Waals surface area contributed by atoms with Crippen molar-refractivity contribution in [3.8, 4) is 0 Å². The number of carbonyl (C=O) groups excluding carboxylic acids is 1. The second kappa shape index (κ2) is 6.53. The summed E-state index contributed by atoms with van der Waals surface area (Å²) in [6, 6.07) is 0. The Hall–Kier alpha value is -0.610. The molecule has 4 unspecified atom stereocenters. The normalized spacial score (nSPS) is 31.6. The summed E-state index contributed by atoms with van der Waals surface area (Å²) in [5.74, 6) is 2.59. The Morgan fingerprint density at radius 2 is 2.17 bits per heavy atom. The van der Waals surface area contributed by atoms with Crippen LogP contribution in [0.15, 0.2) is 0 Å². The molecular weight excluding hydrogens is 228 g/mol. The van der Waals surface area contributed by atoms with Gasteiger partial charge in [-0.05, 0) is 43.9 Å². The van der Waals surface area contributed by atoms with E-state index in [1.54, 1.807) is 6.92 Å². The highest BCUT2D eigenvalue weighted by Crippen LogP contribution is 2.49. The van der Waals surface area contributed by atoms with Gasteiger partial charge in [0, 0.05) is 26.1 Å². The molecule has 2 bridgehead atoms. The van der Waals surface area contributed by atoms with Crippen molar-refractivity contribution in [1.29, 1.82) is 0 Å². The van der Waals surface area contributed by atoms with Gasteiger partial charge in [0.15, 0.2) is 0 Å². The van der Waals surface area contributed by atoms with Gasteiger partial charge >= 0.3 is 0 Å². The molecule has 104 valence electrons. The zero-order valence-electron chi connectivity index (χ0n) is 11.3. The number of aliphatic hydroxyl groups is 1. The van der Waals surface area contributed by atoms with E-state index in [2.05, 4.69) is 10.6 Å². The van der Waals surface area contributed by atoms with Crippen LogP contribution in [0.1, 0.15) is 39.0 Å². The van der Waals surface area contributed by atoms with Gasteiger partial charge in [-0.25, -0.2) is 0 Å². The van der Waals surface area contributed by atoms with Crippen LogP contribution in [0, 0.1) is 17.8 Å². The summed E-state index contributed by atoms with van der Waals surface area (Å²) >= 11 is 0. The van der Waals surface area contributed by atoms with Crippen LogP contribution in [0.25, 0.3) is 0 Å². The molecule has 0 aromatic rings. The summed E-state index contributed by atoms with van der Waals surface area (Å²) in [7, 11) is 0. The van der Waals surface area contributed by atoms with Gasteiger partial charge < -0.3 is 15.7 Å². The lowest BCUT2D eigenvalue weighted by molar-refractivity contribution is -0.122. The molecule has 0 radical (unpaired) electrons. The second-order valence-corrected chi connectivity index (χ2v) is 6.04. The third kappa shape index (κ3) is 3.95. The molecule has 0 heterocycles. The van der Waals surface area contributed by atoms with Gasteiger partial charge in [-0.1, -0.05) is 6.42 Å². The van der Waals surface area contributed by atoms with Gasteiger partial charge in [-0.15, -0.1) is 0 Å². The summed E-state index contributed by atoms with van der Waals surface area (Å²) in [6.45, 7) is 3.72. The van der Waals surface area contributed by atoms with Gasteiger partial charge in [-0.2, -0.15) is 0 Å². The number of nitrogens with one attached hydrogen (secondary N) is 2. The molecule has 2 aliphatic carbocycles. The van der Waals surface area contributed by atoms with Crippen LogP contribution in [0.3, 0.4) is 0 Å². The predicted octanol–water partition coefficient (Wildman–Crippen LogP) is 0.899. The summed E-state index contributed by atoms with van der Waals surface area (Å²) in [5, 5.41) is 15.1. The van der Waals surface area contributed by atoms with Gasteiger partial charge in [0.05, 0.1) is 6.10 Å². The van der Waals surface area contributed by atoms with Crippen LogP contribution >= 0.6 is 0 Å². The molecule has 0 saturated heterocycles. The minimum absolute atomic E-state index is 0.200. The lowest BCUT2D eigenvalue weighted by Crippen LogP contribution is -2.35. The van der Waals surface area contributed by atoms with Gasteiger partial charge in [0.1, 0.15) is 0 Å². The van der Waals surface area contributed by atoms with Crippen molar-refractivity contribution in [2.45, 2.75) is 45.1 Å². The smallest absolute Gasteiger partial charge is 0.220 e. The number of fused-ring (bicyclic) bond motifs is 2. The van der Waals surface area contributed by atoms with E-state index < -0.39 is 0 Å². The highest BCUT2D eigenvalue weighted by Gasteiger charge is 2.39. The minimum atomic E-state index is -0.324.